The highest BCUT2D eigenvalue weighted by Gasteiger charge is 2.13. The summed E-state index contributed by atoms with van der Waals surface area (Å²) in [7, 11) is 1.83. The van der Waals surface area contributed by atoms with Gasteiger partial charge in [-0.05, 0) is 60.7 Å². The average Bonchev–Trinajstić information content (AvgIpc) is 2.74. The van der Waals surface area contributed by atoms with E-state index in [2.05, 4.69) is 47.3 Å². The molecule has 0 radical (unpaired) electrons. The lowest BCUT2D eigenvalue weighted by Gasteiger charge is -2.18. The molecule has 5 nitrogen and oxygen atoms in total. The number of rotatable bonds is 7. The maximum Gasteiger partial charge on any atom is 0.253 e. The van der Waals surface area contributed by atoms with Crippen molar-refractivity contribution >= 4 is 17.4 Å². The number of carbonyl (C=O) groups is 1. The van der Waals surface area contributed by atoms with E-state index in [0.717, 1.165) is 24.1 Å². The predicted molar refractivity (Wildman–Crippen MR) is 113 cm³/mol. The van der Waals surface area contributed by atoms with Gasteiger partial charge in [0.2, 0.25) is 0 Å². The molecule has 144 valence electrons. The number of carbonyl (C=O) groups excluding carboxylic acids is 1. The zero-order valence-corrected chi connectivity index (χ0v) is 16.6. The molecule has 0 spiro atoms. The first kappa shape index (κ1) is 19.5. The number of aryl methyl sites for hydroxylation is 2. The van der Waals surface area contributed by atoms with E-state index >= 15 is 0 Å². The van der Waals surface area contributed by atoms with Crippen LogP contribution in [0.1, 0.15) is 34.0 Å². The Balaban J connectivity index is 1.71. The fourth-order valence-corrected chi connectivity index (χ4v) is 3.13. The molecule has 2 aromatic heterocycles. The van der Waals surface area contributed by atoms with Crippen molar-refractivity contribution in [3.8, 4) is 0 Å². The summed E-state index contributed by atoms with van der Waals surface area (Å²) in [5, 5.41) is 3.39. The number of likely N-dealkylation sites (N-methyl/N-ethyl adjacent to an activating group) is 1. The molecular formula is C23H26N4O. The fraction of sp³-hybridized carbons (Fsp3) is 0.261. The number of amides is 1. The second kappa shape index (κ2) is 9.13. The highest BCUT2D eigenvalue weighted by Crippen LogP contribution is 2.25. The minimum absolute atomic E-state index is 0.0139. The first-order valence-corrected chi connectivity index (χ1v) is 9.54. The normalized spacial score (nSPS) is 10.5. The molecule has 3 aromatic rings. The summed E-state index contributed by atoms with van der Waals surface area (Å²) in [4.78, 5) is 23.0. The third kappa shape index (κ3) is 4.74. The Morgan fingerprint density at radius 2 is 1.89 bits per heavy atom. The van der Waals surface area contributed by atoms with Crippen molar-refractivity contribution in [2.24, 2.45) is 0 Å². The number of hydrogen-bond donors (Lipinski definition) is 1. The maximum atomic E-state index is 12.8. The van der Waals surface area contributed by atoms with Crippen molar-refractivity contribution in [3.63, 3.8) is 0 Å². The number of nitrogens with zero attached hydrogens (tertiary/aromatic N) is 3. The number of hydrogen-bond acceptors (Lipinski definition) is 4. The van der Waals surface area contributed by atoms with E-state index in [0.29, 0.717) is 17.9 Å². The van der Waals surface area contributed by atoms with Gasteiger partial charge in [0.25, 0.3) is 5.91 Å². The van der Waals surface area contributed by atoms with Crippen molar-refractivity contribution in [2.75, 3.05) is 18.9 Å². The average molecular weight is 374 g/mol. The van der Waals surface area contributed by atoms with Crippen molar-refractivity contribution in [1.29, 1.82) is 0 Å². The minimum atomic E-state index is -0.0139. The molecule has 28 heavy (non-hydrogen) atoms. The molecule has 0 saturated heterocycles. The molecule has 1 N–H and O–H groups in total. The molecule has 0 fully saturated rings. The highest BCUT2D eigenvalue weighted by molar-refractivity contribution is 5.94. The summed E-state index contributed by atoms with van der Waals surface area (Å²) in [5.41, 5.74) is 5.24. The van der Waals surface area contributed by atoms with Crippen LogP contribution < -0.4 is 5.32 Å². The molecule has 0 unspecified atom stereocenters. The summed E-state index contributed by atoms with van der Waals surface area (Å²) >= 11 is 0. The SMILES string of the molecule is CCc1cccc(C)c1Nc1cc(C(=O)N(C)CCc2ccncc2)ccn1. The number of pyridine rings is 2. The summed E-state index contributed by atoms with van der Waals surface area (Å²) in [6.07, 6.45) is 6.95. The number of anilines is 2. The molecular weight excluding hydrogens is 348 g/mol. The second-order valence-electron chi connectivity index (χ2n) is 6.85. The van der Waals surface area contributed by atoms with E-state index in [1.807, 2.05) is 25.2 Å². The Bertz CT molecular complexity index is 940. The molecule has 0 aliphatic rings. The van der Waals surface area contributed by atoms with Gasteiger partial charge in [-0.15, -0.1) is 0 Å². The van der Waals surface area contributed by atoms with Gasteiger partial charge in [-0.1, -0.05) is 25.1 Å². The van der Waals surface area contributed by atoms with E-state index in [1.165, 1.54) is 11.1 Å². The van der Waals surface area contributed by atoms with Gasteiger partial charge in [0.15, 0.2) is 0 Å². The van der Waals surface area contributed by atoms with Crippen LogP contribution in [0.15, 0.2) is 61.1 Å². The highest BCUT2D eigenvalue weighted by atomic mass is 16.2. The van der Waals surface area contributed by atoms with Crippen LogP contribution in [0.2, 0.25) is 0 Å². The van der Waals surface area contributed by atoms with Crippen LogP contribution in [0.25, 0.3) is 0 Å². The van der Waals surface area contributed by atoms with E-state index in [1.54, 1.807) is 29.6 Å². The lowest BCUT2D eigenvalue weighted by Crippen LogP contribution is -2.28. The second-order valence-corrected chi connectivity index (χ2v) is 6.85. The van der Waals surface area contributed by atoms with Gasteiger partial charge in [-0.25, -0.2) is 4.98 Å². The van der Waals surface area contributed by atoms with Gasteiger partial charge in [-0.2, -0.15) is 0 Å². The number of nitrogens with one attached hydrogen (secondary N) is 1. The molecule has 2 heterocycles. The van der Waals surface area contributed by atoms with Crippen molar-refractivity contribution in [1.82, 2.24) is 14.9 Å². The molecule has 0 saturated carbocycles. The topological polar surface area (TPSA) is 58.1 Å². The molecule has 0 aliphatic carbocycles. The zero-order chi connectivity index (χ0) is 19.9. The minimum Gasteiger partial charge on any atom is -0.341 e. The van der Waals surface area contributed by atoms with E-state index in [9.17, 15) is 4.79 Å². The third-order valence-corrected chi connectivity index (χ3v) is 4.83. The molecule has 5 heteroatoms. The Morgan fingerprint density at radius 1 is 1.11 bits per heavy atom. The van der Waals surface area contributed by atoms with Crippen LogP contribution in [0.5, 0.6) is 0 Å². The summed E-state index contributed by atoms with van der Waals surface area (Å²) in [6.45, 7) is 4.85. The van der Waals surface area contributed by atoms with Crippen LogP contribution >= 0.6 is 0 Å². The largest absolute Gasteiger partial charge is 0.341 e. The van der Waals surface area contributed by atoms with E-state index in [-0.39, 0.29) is 5.91 Å². The summed E-state index contributed by atoms with van der Waals surface area (Å²) < 4.78 is 0. The van der Waals surface area contributed by atoms with Crippen LogP contribution in [0.4, 0.5) is 11.5 Å². The van der Waals surface area contributed by atoms with E-state index < -0.39 is 0 Å². The van der Waals surface area contributed by atoms with Gasteiger partial charge in [0.05, 0.1) is 0 Å². The Kier molecular flexibility index (Phi) is 6.37. The molecule has 1 aromatic carbocycles. The standard InChI is InChI=1S/C23H26N4O/c1-4-19-7-5-6-17(2)22(19)26-21-16-20(10-14-25-21)23(28)27(3)15-11-18-8-12-24-13-9-18/h5-10,12-14,16H,4,11,15H2,1-3H3,(H,25,26). The van der Waals surface area contributed by atoms with Crippen LogP contribution in [-0.2, 0) is 12.8 Å². The lowest BCUT2D eigenvalue weighted by molar-refractivity contribution is 0.0796. The van der Waals surface area contributed by atoms with Gasteiger partial charge < -0.3 is 10.2 Å². The quantitative estimate of drug-likeness (QED) is 0.666. The van der Waals surface area contributed by atoms with Crippen molar-refractivity contribution < 1.29 is 4.79 Å². The monoisotopic (exact) mass is 374 g/mol. The molecule has 0 bridgehead atoms. The fourth-order valence-electron chi connectivity index (χ4n) is 3.13. The number of benzene rings is 1. The zero-order valence-electron chi connectivity index (χ0n) is 16.6. The van der Waals surface area contributed by atoms with Gasteiger partial charge >= 0.3 is 0 Å². The Labute approximate surface area is 166 Å². The van der Waals surface area contributed by atoms with Gasteiger partial charge in [0.1, 0.15) is 5.82 Å². The maximum absolute atomic E-state index is 12.8. The smallest absolute Gasteiger partial charge is 0.253 e. The first-order chi connectivity index (χ1) is 13.6. The predicted octanol–water partition coefficient (Wildman–Crippen LogP) is 4.41. The van der Waals surface area contributed by atoms with Gasteiger partial charge in [0, 0.05) is 43.4 Å². The lowest BCUT2D eigenvalue weighted by atomic mass is 10.1. The van der Waals surface area contributed by atoms with Crippen LogP contribution in [0, 0.1) is 6.92 Å². The van der Waals surface area contributed by atoms with E-state index in [4.69, 9.17) is 0 Å². The molecule has 1 amide bonds. The van der Waals surface area contributed by atoms with Crippen molar-refractivity contribution in [3.05, 3.63) is 83.3 Å². The third-order valence-electron chi connectivity index (χ3n) is 4.83. The first-order valence-electron chi connectivity index (χ1n) is 9.54. The van der Waals surface area contributed by atoms with Gasteiger partial charge in [-0.3, -0.25) is 9.78 Å². The summed E-state index contributed by atoms with van der Waals surface area (Å²) in [5.74, 6) is 0.664. The summed E-state index contributed by atoms with van der Waals surface area (Å²) in [6, 6.07) is 13.8. The molecule has 3 rings (SSSR count). The van der Waals surface area contributed by atoms with Crippen LogP contribution in [0.3, 0.4) is 0 Å². The Morgan fingerprint density at radius 3 is 2.64 bits per heavy atom. The number of para-hydroxylation sites is 1. The molecule has 0 aliphatic heterocycles. The molecule has 0 atom stereocenters. The van der Waals surface area contributed by atoms with Crippen LogP contribution in [-0.4, -0.2) is 34.4 Å². The Hall–Kier alpha value is -3.21. The number of aromatic nitrogens is 2. The van der Waals surface area contributed by atoms with Crippen molar-refractivity contribution in [2.45, 2.75) is 26.7 Å².